The van der Waals surface area contributed by atoms with E-state index in [0.717, 1.165) is 36.0 Å². The molecular weight excluding hydrogens is 342 g/mol. The molecule has 0 heterocycles. The number of methoxy groups -OCH3 is 2. The van der Waals surface area contributed by atoms with Crippen LogP contribution in [-0.2, 0) is 17.7 Å². The Bertz CT molecular complexity index is 702. The summed E-state index contributed by atoms with van der Waals surface area (Å²) in [6.45, 7) is 2.59. The van der Waals surface area contributed by atoms with Crippen molar-refractivity contribution >= 4 is 5.96 Å². The van der Waals surface area contributed by atoms with Crippen molar-refractivity contribution < 1.29 is 14.2 Å². The number of guanidine groups is 1. The molecule has 0 aliphatic carbocycles. The number of nitrogens with zero attached hydrogens (tertiary/aromatic N) is 1. The van der Waals surface area contributed by atoms with Crippen molar-refractivity contribution in [2.75, 3.05) is 41.0 Å². The predicted octanol–water partition coefficient (Wildman–Crippen LogP) is 2.63. The lowest BCUT2D eigenvalue weighted by atomic mass is 10.1. The average Bonchev–Trinajstić information content (AvgIpc) is 2.71. The summed E-state index contributed by atoms with van der Waals surface area (Å²) in [4.78, 5) is 4.27. The quantitative estimate of drug-likeness (QED) is 0.382. The minimum absolute atomic E-state index is 0.544. The zero-order chi connectivity index (χ0) is 19.3. The largest absolute Gasteiger partial charge is 0.497 e. The number of benzene rings is 2. The Morgan fingerprint density at radius 3 is 2.44 bits per heavy atom. The van der Waals surface area contributed by atoms with Crippen LogP contribution in [0.2, 0.25) is 0 Å². The molecular formula is C21H29N3O3. The second-order valence-corrected chi connectivity index (χ2v) is 5.94. The maximum atomic E-state index is 5.64. The molecule has 6 heteroatoms. The second kappa shape index (κ2) is 11.8. The third-order valence-electron chi connectivity index (χ3n) is 4.00. The Balaban J connectivity index is 1.75. The van der Waals surface area contributed by atoms with E-state index in [1.54, 1.807) is 21.3 Å². The summed E-state index contributed by atoms with van der Waals surface area (Å²) in [7, 11) is 5.11. The van der Waals surface area contributed by atoms with Crippen LogP contribution in [0.15, 0.2) is 53.5 Å². The molecule has 0 atom stereocenters. The molecule has 0 fully saturated rings. The Hall–Kier alpha value is -2.73. The van der Waals surface area contributed by atoms with Gasteiger partial charge in [-0.15, -0.1) is 0 Å². The monoisotopic (exact) mass is 371 g/mol. The van der Waals surface area contributed by atoms with Gasteiger partial charge >= 0.3 is 0 Å². The molecule has 146 valence electrons. The highest BCUT2D eigenvalue weighted by molar-refractivity contribution is 5.79. The van der Waals surface area contributed by atoms with Gasteiger partial charge in [0.15, 0.2) is 5.96 Å². The van der Waals surface area contributed by atoms with Gasteiger partial charge in [0, 0.05) is 27.2 Å². The van der Waals surface area contributed by atoms with E-state index in [1.165, 1.54) is 5.56 Å². The van der Waals surface area contributed by atoms with E-state index in [-0.39, 0.29) is 0 Å². The number of nitrogens with one attached hydrogen (secondary N) is 2. The first-order chi connectivity index (χ1) is 13.2. The summed E-state index contributed by atoms with van der Waals surface area (Å²) in [5.74, 6) is 2.49. The lowest BCUT2D eigenvalue weighted by Gasteiger charge is -2.13. The van der Waals surface area contributed by atoms with E-state index in [1.807, 2.05) is 30.3 Å². The third kappa shape index (κ3) is 7.58. The normalized spacial score (nSPS) is 11.1. The van der Waals surface area contributed by atoms with Gasteiger partial charge in [0.1, 0.15) is 18.1 Å². The Morgan fingerprint density at radius 1 is 0.926 bits per heavy atom. The van der Waals surface area contributed by atoms with Gasteiger partial charge in [0.05, 0.1) is 13.7 Å². The number of hydrogen-bond donors (Lipinski definition) is 2. The lowest BCUT2D eigenvalue weighted by molar-refractivity contribution is 0.146. The zero-order valence-electron chi connectivity index (χ0n) is 16.3. The molecule has 2 N–H and O–H groups in total. The van der Waals surface area contributed by atoms with Crippen molar-refractivity contribution in [1.82, 2.24) is 10.6 Å². The van der Waals surface area contributed by atoms with E-state index in [9.17, 15) is 0 Å². The molecule has 0 radical (unpaired) electrons. The minimum atomic E-state index is 0.544. The topological polar surface area (TPSA) is 64.1 Å². The van der Waals surface area contributed by atoms with Crippen LogP contribution in [0.5, 0.6) is 11.5 Å². The molecule has 2 rings (SSSR count). The Morgan fingerprint density at radius 2 is 1.74 bits per heavy atom. The number of hydrogen-bond acceptors (Lipinski definition) is 4. The van der Waals surface area contributed by atoms with Crippen molar-refractivity contribution in [3.63, 3.8) is 0 Å². The fourth-order valence-electron chi connectivity index (χ4n) is 2.51. The summed E-state index contributed by atoms with van der Waals surface area (Å²) in [6, 6.07) is 16.1. The standard InChI is InChI=1S/C21H29N3O3/c1-22-21(23-12-11-17-7-9-19(26-3)10-8-17)24-16-18-5-4-6-20(15-18)27-14-13-25-2/h4-10,15H,11-14,16H2,1-3H3,(H2,22,23,24). The highest BCUT2D eigenvalue weighted by Gasteiger charge is 2.01. The Kier molecular flexibility index (Phi) is 9.00. The van der Waals surface area contributed by atoms with Crippen LogP contribution < -0.4 is 20.1 Å². The SMILES string of the molecule is CN=C(NCCc1ccc(OC)cc1)NCc1cccc(OCCOC)c1. The van der Waals surface area contributed by atoms with Crippen molar-refractivity contribution in [2.24, 2.45) is 4.99 Å². The van der Waals surface area contributed by atoms with E-state index in [2.05, 4.69) is 33.8 Å². The summed E-state index contributed by atoms with van der Waals surface area (Å²) in [5.41, 5.74) is 2.38. The van der Waals surface area contributed by atoms with Crippen LogP contribution in [0.3, 0.4) is 0 Å². The second-order valence-electron chi connectivity index (χ2n) is 5.94. The molecule has 0 bridgehead atoms. The molecule has 27 heavy (non-hydrogen) atoms. The zero-order valence-corrected chi connectivity index (χ0v) is 16.3. The van der Waals surface area contributed by atoms with Crippen molar-refractivity contribution in [1.29, 1.82) is 0 Å². The Labute approximate surface area is 161 Å². The summed E-state index contributed by atoms with van der Waals surface area (Å²) >= 11 is 0. The van der Waals surface area contributed by atoms with Crippen molar-refractivity contribution in [3.8, 4) is 11.5 Å². The van der Waals surface area contributed by atoms with Gasteiger partial charge in [-0.2, -0.15) is 0 Å². The average molecular weight is 371 g/mol. The fourth-order valence-corrected chi connectivity index (χ4v) is 2.51. The van der Waals surface area contributed by atoms with Crippen LogP contribution in [0.25, 0.3) is 0 Å². The third-order valence-corrected chi connectivity index (χ3v) is 4.00. The fraction of sp³-hybridized carbons (Fsp3) is 0.381. The molecule has 0 saturated carbocycles. The smallest absolute Gasteiger partial charge is 0.191 e. The van der Waals surface area contributed by atoms with Gasteiger partial charge in [0.2, 0.25) is 0 Å². The molecule has 0 aliphatic heterocycles. The van der Waals surface area contributed by atoms with Crippen LogP contribution in [0, 0.1) is 0 Å². The first-order valence-electron chi connectivity index (χ1n) is 9.03. The van der Waals surface area contributed by atoms with Gasteiger partial charge in [-0.25, -0.2) is 0 Å². The molecule has 0 unspecified atom stereocenters. The summed E-state index contributed by atoms with van der Waals surface area (Å²) < 4.78 is 15.8. The highest BCUT2D eigenvalue weighted by atomic mass is 16.5. The number of ether oxygens (including phenoxy) is 3. The van der Waals surface area contributed by atoms with E-state index in [4.69, 9.17) is 14.2 Å². The molecule has 2 aromatic rings. The van der Waals surface area contributed by atoms with E-state index < -0.39 is 0 Å². The molecule has 0 amide bonds. The van der Waals surface area contributed by atoms with Gasteiger partial charge in [-0.05, 0) is 41.8 Å². The molecule has 6 nitrogen and oxygen atoms in total. The van der Waals surface area contributed by atoms with Gasteiger partial charge in [-0.1, -0.05) is 24.3 Å². The lowest BCUT2D eigenvalue weighted by Crippen LogP contribution is -2.37. The molecule has 0 saturated heterocycles. The van der Waals surface area contributed by atoms with Crippen LogP contribution in [0.1, 0.15) is 11.1 Å². The molecule has 2 aromatic carbocycles. The van der Waals surface area contributed by atoms with Crippen LogP contribution in [-0.4, -0.2) is 47.0 Å². The van der Waals surface area contributed by atoms with Gasteiger partial charge in [-0.3, -0.25) is 4.99 Å². The van der Waals surface area contributed by atoms with Crippen LogP contribution >= 0.6 is 0 Å². The van der Waals surface area contributed by atoms with E-state index in [0.29, 0.717) is 19.8 Å². The van der Waals surface area contributed by atoms with Gasteiger partial charge in [0.25, 0.3) is 0 Å². The maximum absolute atomic E-state index is 5.64. The van der Waals surface area contributed by atoms with Crippen LogP contribution in [0.4, 0.5) is 0 Å². The van der Waals surface area contributed by atoms with Crippen molar-refractivity contribution in [3.05, 3.63) is 59.7 Å². The molecule has 0 aliphatic rings. The molecule has 0 spiro atoms. The summed E-state index contributed by atoms with van der Waals surface area (Å²) in [5, 5.41) is 6.66. The minimum Gasteiger partial charge on any atom is -0.497 e. The van der Waals surface area contributed by atoms with Gasteiger partial charge < -0.3 is 24.8 Å². The predicted molar refractivity (Wildman–Crippen MR) is 109 cm³/mol. The number of aliphatic imine (C=N–C) groups is 1. The highest BCUT2D eigenvalue weighted by Crippen LogP contribution is 2.13. The summed E-state index contributed by atoms with van der Waals surface area (Å²) in [6.07, 6.45) is 0.910. The number of rotatable bonds is 10. The first kappa shape index (κ1) is 20.6. The van der Waals surface area contributed by atoms with E-state index >= 15 is 0 Å². The first-order valence-corrected chi connectivity index (χ1v) is 9.03. The van der Waals surface area contributed by atoms with Crippen molar-refractivity contribution in [2.45, 2.75) is 13.0 Å². The maximum Gasteiger partial charge on any atom is 0.191 e. The molecule has 0 aromatic heterocycles.